The zero-order valence-electron chi connectivity index (χ0n) is 8.62. The van der Waals surface area contributed by atoms with E-state index in [0.717, 1.165) is 19.3 Å². The van der Waals surface area contributed by atoms with Crippen molar-refractivity contribution in [2.75, 3.05) is 0 Å². The molecule has 6 heteroatoms. The van der Waals surface area contributed by atoms with E-state index >= 15 is 0 Å². The molecule has 1 unspecified atom stereocenters. The number of rotatable bonds is 3. The molecule has 0 radical (unpaired) electrons. The van der Waals surface area contributed by atoms with Gasteiger partial charge >= 0.3 is 15.4 Å². The van der Waals surface area contributed by atoms with Crippen LogP contribution in [-0.4, -0.2) is 18.2 Å². The first kappa shape index (κ1) is 12.8. The summed E-state index contributed by atoms with van der Waals surface area (Å²) in [5.74, 6) is -1.62. The lowest BCUT2D eigenvalue weighted by Gasteiger charge is -2.31. The van der Waals surface area contributed by atoms with E-state index in [9.17, 15) is 17.2 Å². The van der Waals surface area contributed by atoms with Crippen LogP contribution in [0, 0.1) is 11.8 Å². The molecule has 0 aromatic rings. The van der Waals surface area contributed by atoms with Gasteiger partial charge in [-0.2, -0.15) is 17.2 Å². The Hall–Kier alpha value is -0.230. The minimum Gasteiger partial charge on any atom is -0.281 e. The number of halogens is 2. The first-order chi connectivity index (χ1) is 6.77. The first-order valence-electron chi connectivity index (χ1n) is 5.11. The molecule has 0 spiro atoms. The molecule has 1 rings (SSSR count). The normalized spacial score (nSPS) is 22.7. The maximum Gasteiger partial charge on any atom is 0.372 e. The summed E-state index contributed by atoms with van der Waals surface area (Å²) in [5.41, 5.74) is 0. The van der Waals surface area contributed by atoms with Crippen LogP contribution in [0.4, 0.5) is 8.78 Å². The fourth-order valence-corrected chi connectivity index (χ4v) is 2.81. The van der Waals surface area contributed by atoms with Crippen LogP contribution in [0.25, 0.3) is 0 Å². The van der Waals surface area contributed by atoms with Crippen molar-refractivity contribution in [3.8, 4) is 0 Å². The molecule has 3 nitrogen and oxygen atoms in total. The van der Waals surface area contributed by atoms with Gasteiger partial charge in [0.1, 0.15) is 0 Å². The molecule has 1 atom stereocenters. The van der Waals surface area contributed by atoms with E-state index in [1.807, 2.05) is 0 Å². The quantitative estimate of drug-likeness (QED) is 0.774. The largest absolute Gasteiger partial charge is 0.372 e. The van der Waals surface area contributed by atoms with E-state index in [2.05, 4.69) is 0 Å². The molecule has 0 amide bonds. The van der Waals surface area contributed by atoms with E-state index < -0.39 is 21.3 Å². The summed E-state index contributed by atoms with van der Waals surface area (Å²) in [6, 6.07) is 0. The van der Waals surface area contributed by atoms with Crippen molar-refractivity contribution in [3.63, 3.8) is 0 Å². The lowest BCUT2D eigenvalue weighted by atomic mass is 9.81. The zero-order chi connectivity index (χ0) is 11.7. The summed E-state index contributed by atoms with van der Waals surface area (Å²) in [5, 5.41) is -4.02. The molecule has 0 bridgehead atoms. The van der Waals surface area contributed by atoms with Crippen LogP contribution in [0.3, 0.4) is 0 Å². The Morgan fingerprint density at radius 3 is 2.13 bits per heavy atom. The Morgan fingerprint density at radius 1 is 1.27 bits per heavy atom. The summed E-state index contributed by atoms with van der Waals surface area (Å²) >= 11 is 0. The van der Waals surface area contributed by atoms with E-state index in [1.165, 1.54) is 6.92 Å². The van der Waals surface area contributed by atoms with Crippen molar-refractivity contribution in [3.05, 3.63) is 0 Å². The average Bonchev–Trinajstić information content (AvgIpc) is 2.16. The van der Waals surface area contributed by atoms with Gasteiger partial charge in [-0.05, 0) is 18.8 Å². The maximum atomic E-state index is 13.3. The third-order valence-corrected chi connectivity index (χ3v) is 4.29. The molecule has 15 heavy (non-hydrogen) atoms. The Labute approximate surface area is 88.6 Å². The summed E-state index contributed by atoms with van der Waals surface area (Å²) < 4.78 is 56.1. The molecule has 0 heterocycles. The molecule has 0 aromatic carbocycles. The van der Waals surface area contributed by atoms with Crippen LogP contribution in [0.5, 0.6) is 0 Å². The molecular formula is C9H16F2O3S. The first-order valence-corrected chi connectivity index (χ1v) is 6.55. The monoisotopic (exact) mass is 242 g/mol. The molecular weight excluding hydrogens is 226 g/mol. The van der Waals surface area contributed by atoms with Gasteiger partial charge in [0, 0.05) is 5.92 Å². The summed E-state index contributed by atoms with van der Waals surface area (Å²) in [7, 11) is -5.28. The molecule has 1 fully saturated rings. The minimum absolute atomic E-state index is 0.310. The van der Waals surface area contributed by atoms with Crippen LogP contribution in [-0.2, 0) is 10.1 Å². The third kappa shape index (κ3) is 2.66. The van der Waals surface area contributed by atoms with Crippen LogP contribution in [0.15, 0.2) is 0 Å². The summed E-state index contributed by atoms with van der Waals surface area (Å²) in [6.07, 6.45) is 3.96. The standard InChI is InChI=1S/C9H16F2O3S/c1-7(8-5-3-2-4-6-8)9(10,11)15(12,13)14/h7-8H,2-6H2,1H3,(H,12,13,14). The highest BCUT2D eigenvalue weighted by Crippen LogP contribution is 2.40. The lowest BCUT2D eigenvalue weighted by molar-refractivity contribution is -0.00919. The smallest absolute Gasteiger partial charge is 0.281 e. The van der Waals surface area contributed by atoms with Gasteiger partial charge in [-0.25, -0.2) is 0 Å². The van der Waals surface area contributed by atoms with Gasteiger partial charge in [0.2, 0.25) is 0 Å². The lowest BCUT2D eigenvalue weighted by Crippen LogP contribution is -2.39. The third-order valence-electron chi connectivity index (χ3n) is 3.23. The van der Waals surface area contributed by atoms with Crippen LogP contribution in [0.1, 0.15) is 39.0 Å². The SMILES string of the molecule is CC(C1CCCCC1)C(F)(F)S(=O)(=O)O. The Kier molecular flexibility index (Phi) is 3.71. The molecule has 90 valence electrons. The van der Waals surface area contributed by atoms with E-state index in [4.69, 9.17) is 4.55 Å². The van der Waals surface area contributed by atoms with Gasteiger partial charge in [0.25, 0.3) is 0 Å². The van der Waals surface area contributed by atoms with E-state index in [0.29, 0.717) is 12.8 Å². The summed E-state index contributed by atoms with van der Waals surface area (Å²) in [4.78, 5) is 0. The molecule has 0 aliphatic heterocycles. The molecule has 0 aromatic heterocycles. The van der Waals surface area contributed by atoms with Crippen LogP contribution < -0.4 is 0 Å². The van der Waals surface area contributed by atoms with Gasteiger partial charge in [-0.1, -0.05) is 26.2 Å². The Morgan fingerprint density at radius 2 is 1.73 bits per heavy atom. The van der Waals surface area contributed by atoms with Gasteiger partial charge < -0.3 is 0 Å². The highest BCUT2D eigenvalue weighted by atomic mass is 32.2. The molecule has 0 saturated heterocycles. The van der Waals surface area contributed by atoms with E-state index in [1.54, 1.807) is 0 Å². The number of hydrogen-bond donors (Lipinski definition) is 1. The van der Waals surface area contributed by atoms with Crippen LogP contribution >= 0.6 is 0 Å². The molecule has 1 saturated carbocycles. The number of hydrogen-bond acceptors (Lipinski definition) is 2. The zero-order valence-corrected chi connectivity index (χ0v) is 9.43. The summed E-state index contributed by atoms with van der Waals surface area (Å²) in [6.45, 7) is 1.20. The van der Waals surface area contributed by atoms with Crippen molar-refractivity contribution < 1.29 is 21.8 Å². The Bertz CT molecular complexity index is 307. The minimum atomic E-state index is -5.28. The second-order valence-corrected chi connectivity index (χ2v) is 5.72. The van der Waals surface area contributed by atoms with Crippen molar-refractivity contribution in [1.29, 1.82) is 0 Å². The molecule has 1 aliphatic rings. The van der Waals surface area contributed by atoms with Crippen molar-refractivity contribution >= 4 is 10.1 Å². The van der Waals surface area contributed by atoms with Gasteiger partial charge in [-0.3, -0.25) is 4.55 Å². The fraction of sp³-hybridized carbons (Fsp3) is 1.00. The van der Waals surface area contributed by atoms with Crippen molar-refractivity contribution in [1.82, 2.24) is 0 Å². The Balaban J connectivity index is 2.78. The fourth-order valence-electron chi connectivity index (χ4n) is 2.14. The molecule has 1 N–H and O–H groups in total. The predicted octanol–water partition coefficient (Wildman–Crippen LogP) is 2.68. The van der Waals surface area contributed by atoms with E-state index in [-0.39, 0.29) is 5.92 Å². The van der Waals surface area contributed by atoms with Gasteiger partial charge in [-0.15, -0.1) is 0 Å². The topological polar surface area (TPSA) is 54.4 Å². The van der Waals surface area contributed by atoms with Crippen molar-refractivity contribution in [2.24, 2.45) is 11.8 Å². The molecule has 1 aliphatic carbocycles. The second kappa shape index (κ2) is 4.33. The highest BCUT2D eigenvalue weighted by Gasteiger charge is 2.51. The average molecular weight is 242 g/mol. The number of alkyl halides is 2. The second-order valence-electron chi connectivity index (χ2n) is 4.22. The maximum absolute atomic E-state index is 13.3. The predicted molar refractivity (Wildman–Crippen MR) is 52.2 cm³/mol. The van der Waals surface area contributed by atoms with Gasteiger partial charge in [0.05, 0.1) is 0 Å². The highest BCUT2D eigenvalue weighted by molar-refractivity contribution is 7.86. The van der Waals surface area contributed by atoms with Gasteiger partial charge in [0.15, 0.2) is 0 Å². The van der Waals surface area contributed by atoms with Crippen LogP contribution in [0.2, 0.25) is 0 Å². The van der Waals surface area contributed by atoms with Crippen molar-refractivity contribution in [2.45, 2.75) is 44.3 Å².